The Labute approximate surface area is 55.1 Å². The lowest BCUT2D eigenvalue weighted by atomic mass is 9.97. The van der Waals surface area contributed by atoms with Gasteiger partial charge in [0.05, 0.1) is 7.85 Å². The van der Waals surface area contributed by atoms with Crippen LogP contribution in [-0.4, -0.2) is 7.85 Å². The van der Waals surface area contributed by atoms with Gasteiger partial charge >= 0.3 is 0 Å². The van der Waals surface area contributed by atoms with Crippen LogP contribution in [-0.2, 0) is 6.32 Å². The normalized spacial score (nSPS) is 9.44. The molecule has 2 heteroatoms. The first-order chi connectivity index (χ1) is 4.33. The molecule has 1 aromatic rings. The van der Waals surface area contributed by atoms with Crippen LogP contribution in [0.5, 0.6) is 0 Å². The average molecular weight is 120 g/mol. The van der Waals surface area contributed by atoms with Crippen LogP contribution in [0.3, 0.4) is 0 Å². The Bertz CT molecular complexity index is 181. The summed E-state index contributed by atoms with van der Waals surface area (Å²) in [5, 5.41) is 0. The van der Waals surface area contributed by atoms with E-state index >= 15 is 0 Å². The van der Waals surface area contributed by atoms with E-state index in [1.54, 1.807) is 12.1 Å². The molecule has 0 N–H and O–H groups in total. The maximum Gasteiger partial charge on any atom is 0.123 e. The van der Waals surface area contributed by atoms with Crippen LogP contribution in [0, 0.1) is 5.82 Å². The van der Waals surface area contributed by atoms with Crippen LogP contribution in [0.4, 0.5) is 4.39 Å². The van der Waals surface area contributed by atoms with Crippen molar-refractivity contribution in [2.45, 2.75) is 6.32 Å². The Balaban J connectivity index is 2.88. The molecular formula is C7H6BF. The quantitative estimate of drug-likeness (QED) is 0.492. The number of hydrogen-bond acceptors (Lipinski definition) is 0. The first-order valence-corrected chi connectivity index (χ1v) is 2.77. The van der Waals surface area contributed by atoms with Crippen LogP contribution in [0.2, 0.25) is 0 Å². The van der Waals surface area contributed by atoms with Crippen molar-refractivity contribution in [3.8, 4) is 0 Å². The smallest absolute Gasteiger partial charge is 0.123 e. The van der Waals surface area contributed by atoms with Crippen molar-refractivity contribution >= 4 is 7.85 Å². The minimum Gasteiger partial charge on any atom is -0.207 e. The van der Waals surface area contributed by atoms with E-state index in [4.69, 9.17) is 7.85 Å². The molecule has 0 saturated carbocycles. The number of rotatable bonds is 1. The second-order valence-corrected chi connectivity index (χ2v) is 1.83. The van der Waals surface area contributed by atoms with Crippen molar-refractivity contribution in [1.29, 1.82) is 0 Å². The lowest BCUT2D eigenvalue weighted by Gasteiger charge is -1.92. The molecule has 0 aliphatic carbocycles. The van der Waals surface area contributed by atoms with Crippen molar-refractivity contribution in [3.05, 3.63) is 35.6 Å². The van der Waals surface area contributed by atoms with E-state index in [1.165, 1.54) is 12.1 Å². The van der Waals surface area contributed by atoms with Crippen LogP contribution in [0.15, 0.2) is 24.3 Å². The van der Waals surface area contributed by atoms with Crippen molar-refractivity contribution in [3.63, 3.8) is 0 Å². The van der Waals surface area contributed by atoms with Gasteiger partial charge in [-0.1, -0.05) is 24.0 Å². The topological polar surface area (TPSA) is 0 Å². The molecule has 2 radical (unpaired) electrons. The van der Waals surface area contributed by atoms with Gasteiger partial charge in [-0.3, -0.25) is 0 Å². The van der Waals surface area contributed by atoms with Crippen LogP contribution < -0.4 is 0 Å². The van der Waals surface area contributed by atoms with E-state index in [-0.39, 0.29) is 5.82 Å². The van der Waals surface area contributed by atoms with E-state index < -0.39 is 0 Å². The number of halogens is 1. The SMILES string of the molecule is [B]Cc1ccc(F)cc1. The number of hydrogen-bond donors (Lipinski definition) is 0. The molecule has 9 heavy (non-hydrogen) atoms. The molecule has 0 aliphatic rings. The van der Waals surface area contributed by atoms with Crippen LogP contribution >= 0.6 is 0 Å². The van der Waals surface area contributed by atoms with Gasteiger partial charge < -0.3 is 0 Å². The van der Waals surface area contributed by atoms with Crippen molar-refractivity contribution in [1.82, 2.24) is 0 Å². The molecule has 0 amide bonds. The Hall–Kier alpha value is -0.785. The van der Waals surface area contributed by atoms with Gasteiger partial charge in [-0.25, -0.2) is 4.39 Å². The molecule has 0 spiro atoms. The van der Waals surface area contributed by atoms with Crippen molar-refractivity contribution in [2.75, 3.05) is 0 Å². The zero-order valence-corrected chi connectivity index (χ0v) is 4.97. The van der Waals surface area contributed by atoms with Crippen LogP contribution in [0.1, 0.15) is 5.56 Å². The summed E-state index contributed by atoms with van der Waals surface area (Å²) in [6, 6.07) is 6.16. The summed E-state index contributed by atoms with van der Waals surface area (Å²) in [6.45, 7) is 0. The van der Waals surface area contributed by atoms with E-state index in [0.29, 0.717) is 6.32 Å². The predicted octanol–water partition coefficient (Wildman–Crippen LogP) is 1.49. The van der Waals surface area contributed by atoms with E-state index in [9.17, 15) is 4.39 Å². The molecule has 0 unspecified atom stereocenters. The predicted molar refractivity (Wildman–Crippen MR) is 35.9 cm³/mol. The third kappa shape index (κ3) is 1.56. The molecule has 1 aromatic carbocycles. The van der Waals surface area contributed by atoms with Gasteiger partial charge in [0, 0.05) is 0 Å². The Morgan fingerprint density at radius 3 is 2.22 bits per heavy atom. The van der Waals surface area contributed by atoms with Gasteiger partial charge in [0.15, 0.2) is 0 Å². The minimum absolute atomic E-state index is 0.216. The van der Waals surface area contributed by atoms with E-state index in [2.05, 4.69) is 0 Å². The summed E-state index contributed by atoms with van der Waals surface area (Å²) in [6.07, 6.45) is 0.472. The van der Waals surface area contributed by atoms with Gasteiger partial charge in [-0.05, 0) is 12.1 Å². The van der Waals surface area contributed by atoms with Crippen molar-refractivity contribution < 1.29 is 4.39 Å². The van der Waals surface area contributed by atoms with Gasteiger partial charge in [-0.15, -0.1) is 0 Å². The van der Waals surface area contributed by atoms with Crippen molar-refractivity contribution in [2.24, 2.45) is 0 Å². The highest BCUT2D eigenvalue weighted by Crippen LogP contribution is 2.00. The molecule has 1 rings (SSSR count). The highest BCUT2D eigenvalue weighted by atomic mass is 19.1. The average Bonchev–Trinajstić information content (AvgIpc) is 1.90. The second-order valence-electron chi connectivity index (χ2n) is 1.83. The monoisotopic (exact) mass is 120 g/mol. The summed E-state index contributed by atoms with van der Waals surface area (Å²) < 4.78 is 12.2. The summed E-state index contributed by atoms with van der Waals surface area (Å²) >= 11 is 0. The summed E-state index contributed by atoms with van der Waals surface area (Å²) in [5.41, 5.74) is 0.955. The lowest BCUT2D eigenvalue weighted by molar-refractivity contribution is 0.627. The lowest BCUT2D eigenvalue weighted by Crippen LogP contribution is -1.82. The largest absolute Gasteiger partial charge is 0.207 e. The van der Waals surface area contributed by atoms with Gasteiger partial charge in [0.1, 0.15) is 5.82 Å². The maximum absolute atomic E-state index is 12.2. The summed E-state index contributed by atoms with van der Waals surface area (Å²) in [7, 11) is 5.28. The molecule has 0 aliphatic heterocycles. The molecule has 0 atom stereocenters. The van der Waals surface area contributed by atoms with Gasteiger partial charge in [0.2, 0.25) is 0 Å². The Morgan fingerprint density at radius 1 is 1.22 bits per heavy atom. The molecule has 0 fully saturated rings. The molecule has 0 heterocycles. The van der Waals surface area contributed by atoms with E-state index in [1.807, 2.05) is 0 Å². The third-order valence-corrected chi connectivity index (χ3v) is 1.15. The molecule has 0 bridgehead atoms. The molecule has 0 saturated heterocycles. The van der Waals surface area contributed by atoms with E-state index in [0.717, 1.165) is 5.56 Å². The fraction of sp³-hybridized carbons (Fsp3) is 0.143. The fourth-order valence-electron chi connectivity index (χ4n) is 0.620. The van der Waals surface area contributed by atoms with Gasteiger partial charge in [0.25, 0.3) is 0 Å². The first kappa shape index (κ1) is 6.34. The van der Waals surface area contributed by atoms with Gasteiger partial charge in [-0.2, -0.15) is 0 Å². The minimum atomic E-state index is -0.216. The molecule has 44 valence electrons. The Kier molecular flexibility index (Phi) is 1.88. The standard InChI is InChI=1S/C7H6BF/c8-5-6-1-3-7(9)4-2-6/h1-4H,5H2. The fourth-order valence-corrected chi connectivity index (χ4v) is 0.620. The molecule has 0 aromatic heterocycles. The first-order valence-electron chi connectivity index (χ1n) is 2.77. The maximum atomic E-state index is 12.2. The van der Waals surface area contributed by atoms with Crippen LogP contribution in [0.25, 0.3) is 0 Å². The summed E-state index contributed by atoms with van der Waals surface area (Å²) in [5.74, 6) is -0.216. The zero-order valence-electron chi connectivity index (χ0n) is 4.97. The Morgan fingerprint density at radius 2 is 1.78 bits per heavy atom. The third-order valence-electron chi connectivity index (χ3n) is 1.15. The second kappa shape index (κ2) is 2.67. The zero-order chi connectivity index (χ0) is 6.69. The number of benzene rings is 1. The highest BCUT2D eigenvalue weighted by molar-refractivity contribution is 6.08. The molecule has 0 nitrogen and oxygen atoms in total. The molecular weight excluding hydrogens is 114 g/mol. The highest BCUT2D eigenvalue weighted by Gasteiger charge is 1.87. The summed E-state index contributed by atoms with van der Waals surface area (Å²) in [4.78, 5) is 0.